The molecular weight excluding hydrogens is 243 g/mol. The first-order chi connectivity index (χ1) is 7.95. The van der Waals surface area contributed by atoms with Crippen LogP contribution in [0.25, 0.3) is 0 Å². The fourth-order valence-electron chi connectivity index (χ4n) is 1.28. The van der Waals surface area contributed by atoms with E-state index < -0.39 is 22.6 Å². The van der Waals surface area contributed by atoms with Crippen molar-refractivity contribution in [3.05, 3.63) is 29.6 Å². The maximum Gasteiger partial charge on any atom is 0.335 e. The van der Waals surface area contributed by atoms with Gasteiger partial charge < -0.3 is 5.11 Å². The van der Waals surface area contributed by atoms with E-state index in [1.807, 2.05) is 13.8 Å². The van der Waals surface area contributed by atoms with E-state index in [9.17, 15) is 13.4 Å². The molecule has 2 unspecified atom stereocenters. The second-order valence-corrected chi connectivity index (χ2v) is 5.44. The summed E-state index contributed by atoms with van der Waals surface area (Å²) in [6.07, 6.45) is 0.853. The van der Waals surface area contributed by atoms with E-state index in [1.165, 1.54) is 6.07 Å². The van der Waals surface area contributed by atoms with Crippen molar-refractivity contribution in [2.45, 2.75) is 25.2 Å². The lowest BCUT2D eigenvalue weighted by atomic mass is 10.2. The molecule has 17 heavy (non-hydrogen) atoms. The molecule has 0 aliphatic carbocycles. The third-order valence-corrected chi connectivity index (χ3v) is 4.23. The highest BCUT2D eigenvalue weighted by Crippen LogP contribution is 2.17. The molecule has 0 aliphatic rings. The van der Waals surface area contributed by atoms with Crippen LogP contribution in [0, 0.1) is 11.7 Å². The van der Waals surface area contributed by atoms with Gasteiger partial charge in [-0.1, -0.05) is 20.3 Å². The van der Waals surface area contributed by atoms with Crippen molar-refractivity contribution in [3.63, 3.8) is 0 Å². The average Bonchev–Trinajstić information content (AvgIpc) is 2.28. The van der Waals surface area contributed by atoms with Crippen LogP contribution >= 0.6 is 0 Å². The molecule has 5 heteroatoms. The molecule has 0 aliphatic heterocycles. The Hall–Kier alpha value is -1.23. The number of aromatic carboxylic acids is 1. The van der Waals surface area contributed by atoms with Gasteiger partial charge in [0, 0.05) is 5.75 Å². The summed E-state index contributed by atoms with van der Waals surface area (Å²) in [7, 11) is -1.49. The van der Waals surface area contributed by atoms with E-state index in [0.29, 0.717) is 5.75 Å². The maximum absolute atomic E-state index is 13.5. The average molecular weight is 258 g/mol. The SMILES string of the molecule is CCC(C)CS(=O)c1cc(C(=O)O)ccc1F. The molecule has 1 aromatic carbocycles. The predicted octanol–water partition coefficient (Wildman–Crippen LogP) is 2.68. The first-order valence-corrected chi connectivity index (χ1v) is 6.68. The molecule has 0 heterocycles. The Morgan fingerprint density at radius 2 is 2.18 bits per heavy atom. The Morgan fingerprint density at radius 3 is 2.71 bits per heavy atom. The topological polar surface area (TPSA) is 54.4 Å². The number of carboxylic acids is 1. The number of halogens is 1. The van der Waals surface area contributed by atoms with Gasteiger partial charge in [-0.3, -0.25) is 4.21 Å². The fourth-order valence-corrected chi connectivity index (χ4v) is 2.75. The van der Waals surface area contributed by atoms with E-state index >= 15 is 0 Å². The van der Waals surface area contributed by atoms with Crippen molar-refractivity contribution in [3.8, 4) is 0 Å². The van der Waals surface area contributed by atoms with Crippen LogP contribution in [0.4, 0.5) is 4.39 Å². The lowest BCUT2D eigenvalue weighted by molar-refractivity contribution is 0.0696. The Labute approximate surface area is 102 Å². The van der Waals surface area contributed by atoms with Crippen molar-refractivity contribution in [2.24, 2.45) is 5.92 Å². The van der Waals surface area contributed by atoms with E-state index in [-0.39, 0.29) is 16.4 Å². The first kappa shape index (κ1) is 13.8. The lowest BCUT2D eigenvalue weighted by Crippen LogP contribution is -2.09. The minimum atomic E-state index is -1.49. The van der Waals surface area contributed by atoms with Crippen LogP contribution in [0.2, 0.25) is 0 Å². The van der Waals surface area contributed by atoms with Crippen LogP contribution < -0.4 is 0 Å². The molecule has 0 radical (unpaired) electrons. The largest absolute Gasteiger partial charge is 0.478 e. The molecule has 2 atom stereocenters. The minimum absolute atomic E-state index is 0.0230. The maximum atomic E-state index is 13.5. The summed E-state index contributed by atoms with van der Waals surface area (Å²) in [5.74, 6) is -1.21. The third kappa shape index (κ3) is 3.63. The molecule has 0 saturated carbocycles. The number of hydrogen-bond donors (Lipinski definition) is 1. The highest BCUT2D eigenvalue weighted by molar-refractivity contribution is 7.85. The lowest BCUT2D eigenvalue weighted by Gasteiger charge is -2.09. The smallest absolute Gasteiger partial charge is 0.335 e. The Morgan fingerprint density at radius 1 is 1.53 bits per heavy atom. The molecule has 0 spiro atoms. The van der Waals surface area contributed by atoms with Crippen LogP contribution in [0.1, 0.15) is 30.6 Å². The Bertz CT molecular complexity index is 445. The monoisotopic (exact) mass is 258 g/mol. The summed E-state index contributed by atoms with van der Waals surface area (Å²) < 4.78 is 25.3. The van der Waals surface area contributed by atoms with Crippen molar-refractivity contribution < 1.29 is 18.5 Å². The van der Waals surface area contributed by atoms with Crippen molar-refractivity contribution >= 4 is 16.8 Å². The zero-order valence-electron chi connectivity index (χ0n) is 9.77. The standard InChI is InChI=1S/C12H15FO3S/c1-3-8(2)7-17(16)11-6-9(12(14)15)4-5-10(11)13/h4-6,8H,3,7H2,1-2H3,(H,14,15). The highest BCUT2D eigenvalue weighted by atomic mass is 32.2. The van der Waals surface area contributed by atoms with Crippen LogP contribution in [0.5, 0.6) is 0 Å². The zero-order valence-corrected chi connectivity index (χ0v) is 10.6. The van der Waals surface area contributed by atoms with E-state index in [4.69, 9.17) is 5.11 Å². The quantitative estimate of drug-likeness (QED) is 0.883. The molecule has 1 rings (SSSR count). The summed E-state index contributed by atoms with van der Waals surface area (Å²) in [6.45, 7) is 3.89. The molecule has 1 aromatic rings. The highest BCUT2D eigenvalue weighted by Gasteiger charge is 2.15. The second kappa shape index (κ2) is 5.91. The molecule has 0 amide bonds. The van der Waals surface area contributed by atoms with Crippen molar-refractivity contribution in [1.29, 1.82) is 0 Å². The van der Waals surface area contributed by atoms with Crippen LogP contribution in [0.15, 0.2) is 23.1 Å². The predicted molar refractivity (Wildman–Crippen MR) is 64.1 cm³/mol. The van der Waals surface area contributed by atoms with Gasteiger partial charge in [-0.15, -0.1) is 0 Å². The number of benzene rings is 1. The van der Waals surface area contributed by atoms with Crippen LogP contribution in [-0.2, 0) is 10.8 Å². The van der Waals surface area contributed by atoms with Gasteiger partial charge in [0.05, 0.1) is 21.3 Å². The first-order valence-electron chi connectivity index (χ1n) is 5.37. The number of carboxylic acid groups (broad SMARTS) is 1. The summed E-state index contributed by atoms with van der Waals surface area (Å²) in [6, 6.07) is 3.37. The molecule has 0 aromatic heterocycles. The summed E-state index contributed by atoms with van der Waals surface area (Å²) >= 11 is 0. The summed E-state index contributed by atoms with van der Waals surface area (Å²) in [4.78, 5) is 10.7. The molecule has 0 saturated heterocycles. The van der Waals surface area contributed by atoms with Crippen molar-refractivity contribution in [1.82, 2.24) is 0 Å². The Kier molecular flexibility index (Phi) is 4.81. The number of carbonyl (C=O) groups is 1. The second-order valence-electron chi connectivity index (χ2n) is 3.98. The third-order valence-electron chi connectivity index (χ3n) is 2.56. The van der Waals surface area contributed by atoms with Gasteiger partial charge in [-0.05, 0) is 24.1 Å². The fraction of sp³-hybridized carbons (Fsp3) is 0.417. The molecule has 94 valence electrons. The van der Waals surface area contributed by atoms with Gasteiger partial charge in [-0.2, -0.15) is 0 Å². The van der Waals surface area contributed by atoms with Gasteiger partial charge in [-0.25, -0.2) is 9.18 Å². The van der Waals surface area contributed by atoms with Gasteiger partial charge in [0.2, 0.25) is 0 Å². The normalized spacial score (nSPS) is 14.3. The Balaban J connectivity index is 3.00. The number of hydrogen-bond acceptors (Lipinski definition) is 2. The van der Waals surface area contributed by atoms with Gasteiger partial charge in [0.15, 0.2) is 0 Å². The minimum Gasteiger partial charge on any atom is -0.478 e. The molecular formula is C12H15FO3S. The van der Waals surface area contributed by atoms with E-state index in [2.05, 4.69) is 0 Å². The zero-order chi connectivity index (χ0) is 13.0. The van der Waals surface area contributed by atoms with Crippen molar-refractivity contribution in [2.75, 3.05) is 5.75 Å². The summed E-state index contributed by atoms with van der Waals surface area (Å²) in [5.41, 5.74) is -0.0427. The van der Waals surface area contributed by atoms with E-state index in [1.54, 1.807) is 0 Å². The van der Waals surface area contributed by atoms with Crippen LogP contribution in [0.3, 0.4) is 0 Å². The van der Waals surface area contributed by atoms with Crippen LogP contribution in [-0.4, -0.2) is 21.0 Å². The molecule has 0 fully saturated rings. The summed E-state index contributed by atoms with van der Waals surface area (Å²) in [5, 5.41) is 8.79. The van der Waals surface area contributed by atoms with E-state index in [0.717, 1.165) is 18.6 Å². The molecule has 0 bridgehead atoms. The number of rotatable bonds is 5. The molecule has 3 nitrogen and oxygen atoms in total. The van der Waals surface area contributed by atoms with Gasteiger partial charge >= 0.3 is 5.97 Å². The van der Waals surface area contributed by atoms with Gasteiger partial charge in [0.1, 0.15) is 5.82 Å². The molecule has 1 N–H and O–H groups in total. The van der Waals surface area contributed by atoms with Gasteiger partial charge in [0.25, 0.3) is 0 Å².